The van der Waals surface area contributed by atoms with Crippen molar-refractivity contribution in [1.29, 1.82) is 0 Å². The zero-order valence-electron chi connectivity index (χ0n) is 14.4. The summed E-state index contributed by atoms with van der Waals surface area (Å²) in [7, 11) is 0. The molecule has 0 radical (unpaired) electrons. The summed E-state index contributed by atoms with van der Waals surface area (Å²) < 4.78 is 1.96. The minimum atomic E-state index is 0.115. The lowest BCUT2D eigenvalue weighted by molar-refractivity contribution is 0.281. The van der Waals surface area contributed by atoms with Gasteiger partial charge in [-0.05, 0) is 36.6 Å². The van der Waals surface area contributed by atoms with E-state index in [9.17, 15) is 4.79 Å². The smallest absolute Gasteiger partial charge is 0.250 e. The van der Waals surface area contributed by atoms with Crippen LogP contribution in [0.3, 0.4) is 0 Å². The third kappa shape index (κ3) is 3.08. The summed E-state index contributed by atoms with van der Waals surface area (Å²) in [6.45, 7) is 2.61. The molecule has 1 aromatic carbocycles. The fourth-order valence-electron chi connectivity index (χ4n) is 4.28. The molecule has 0 saturated carbocycles. The van der Waals surface area contributed by atoms with Crippen LogP contribution < -0.4 is 10.5 Å². The fourth-order valence-corrected chi connectivity index (χ4v) is 5.63. The molecule has 4 nitrogen and oxygen atoms in total. The number of pyridine rings is 1. The van der Waals surface area contributed by atoms with Crippen molar-refractivity contribution in [2.45, 2.75) is 18.9 Å². The zero-order chi connectivity index (χ0) is 18.5. The predicted octanol–water partition coefficient (Wildman–Crippen LogP) is 4.90. The first-order valence-corrected chi connectivity index (χ1v) is 10.6. The van der Waals surface area contributed by atoms with Gasteiger partial charge in [-0.2, -0.15) is 0 Å². The normalized spacial score (nSPS) is 21.2. The van der Waals surface area contributed by atoms with Crippen molar-refractivity contribution in [1.82, 2.24) is 9.55 Å². The Hall–Kier alpha value is -1.82. The minimum Gasteiger partial charge on any atom is -0.347 e. The Kier molecular flexibility index (Phi) is 4.26. The first-order valence-electron chi connectivity index (χ1n) is 8.94. The number of halogens is 2. The third-order valence-corrected chi connectivity index (χ3v) is 6.90. The van der Waals surface area contributed by atoms with Crippen LogP contribution in [0.25, 0.3) is 11.3 Å². The Morgan fingerprint density at radius 3 is 2.85 bits per heavy atom. The lowest BCUT2D eigenvalue weighted by Crippen LogP contribution is -2.47. The maximum Gasteiger partial charge on any atom is 0.250 e. The van der Waals surface area contributed by atoms with E-state index in [0.717, 1.165) is 48.1 Å². The number of thiazole rings is 1. The average Bonchev–Trinajstić information content (AvgIpc) is 3.12. The Morgan fingerprint density at radius 2 is 2.00 bits per heavy atom. The van der Waals surface area contributed by atoms with Gasteiger partial charge in [0.25, 0.3) is 5.56 Å². The van der Waals surface area contributed by atoms with E-state index in [1.54, 1.807) is 23.5 Å². The van der Waals surface area contributed by atoms with Gasteiger partial charge in [-0.15, -0.1) is 11.3 Å². The van der Waals surface area contributed by atoms with Gasteiger partial charge in [0.05, 0.1) is 10.7 Å². The molecular formula is C20H17Cl2N3OS. The van der Waals surface area contributed by atoms with Crippen LogP contribution in [0, 0.1) is 5.92 Å². The van der Waals surface area contributed by atoms with Gasteiger partial charge in [-0.3, -0.25) is 4.79 Å². The summed E-state index contributed by atoms with van der Waals surface area (Å²) in [5, 5.41) is 4.30. The Balaban J connectivity index is 1.44. The predicted molar refractivity (Wildman–Crippen MR) is 111 cm³/mol. The quantitative estimate of drug-likeness (QED) is 0.594. The first-order chi connectivity index (χ1) is 13.1. The summed E-state index contributed by atoms with van der Waals surface area (Å²) in [5.74, 6) is 0.848. The van der Waals surface area contributed by atoms with Crippen LogP contribution in [-0.4, -0.2) is 22.6 Å². The summed E-state index contributed by atoms with van der Waals surface area (Å²) in [6, 6.07) is 11.1. The Morgan fingerprint density at radius 1 is 1.11 bits per heavy atom. The average molecular weight is 418 g/mol. The molecule has 4 heterocycles. The molecule has 2 atom stereocenters. The van der Waals surface area contributed by atoms with E-state index < -0.39 is 0 Å². The fraction of sp³-hybridized carbons (Fsp3) is 0.300. The molecule has 0 amide bonds. The molecule has 138 valence electrons. The molecule has 0 aliphatic carbocycles. The van der Waals surface area contributed by atoms with Crippen molar-refractivity contribution in [2.24, 2.45) is 5.92 Å². The number of anilines is 1. The van der Waals surface area contributed by atoms with E-state index in [4.69, 9.17) is 28.2 Å². The van der Waals surface area contributed by atoms with Crippen LogP contribution in [0.2, 0.25) is 10.0 Å². The van der Waals surface area contributed by atoms with E-state index in [-0.39, 0.29) is 5.56 Å². The molecule has 0 spiro atoms. The Labute approximate surface area is 171 Å². The number of benzene rings is 1. The minimum absolute atomic E-state index is 0.115. The van der Waals surface area contributed by atoms with E-state index in [0.29, 0.717) is 21.9 Å². The third-order valence-electron chi connectivity index (χ3n) is 5.45. The molecule has 2 aromatic heterocycles. The molecule has 1 saturated heterocycles. The van der Waals surface area contributed by atoms with Crippen molar-refractivity contribution in [3.8, 4) is 11.3 Å². The van der Waals surface area contributed by atoms with Gasteiger partial charge in [0, 0.05) is 53.3 Å². The van der Waals surface area contributed by atoms with E-state index in [1.165, 1.54) is 0 Å². The molecule has 2 bridgehead atoms. The van der Waals surface area contributed by atoms with Crippen LogP contribution >= 0.6 is 34.5 Å². The molecule has 27 heavy (non-hydrogen) atoms. The molecular weight excluding hydrogens is 401 g/mol. The Bertz CT molecular complexity index is 1080. The second kappa shape index (κ2) is 6.66. The van der Waals surface area contributed by atoms with Crippen LogP contribution in [0.5, 0.6) is 0 Å². The number of hydrogen-bond donors (Lipinski definition) is 0. The highest BCUT2D eigenvalue weighted by Crippen LogP contribution is 2.39. The van der Waals surface area contributed by atoms with Crippen LogP contribution in [0.4, 0.5) is 5.13 Å². The van der Waals surface area contributed by atoms with Gasteiger partial charge in [0.1, 0.15) is 0 Å². The molecule has 0 unspecified atom stereocenters. The monoisotopic (exact) mass is 417 g/mol. The van der Waals surface area contributed by atoms with Crippen molar-refractivity contribution < 1.29 is 0 Å². The second-order valence-electron chi connectivity index (χ2n) is 7.24. The van der Waals surface area contributed by atoms with Gasteiger partial charge in [-0.1, -0.05) is 29.3 Å². The first kappa shape index (κ1) is 17.3. The van der Waals surface area contributed by atoms with Gasteiger partial charge in [0.2, 0.25) is 0 Å². The molecule has 5 rings (SSSR count). The van der Waals surface area contributed by atoms with Crippen molar-refractivity contribution >= 4 is 39.7 Å². The van der Waals surface area contributed by atoms with Crippen molar-refractivity contribution in [3.05, 3.63) is 67.9 Å². The standard InChI is InChI=1S/C20H17Cl2N3OS/c21-14-4-5-15(16(22)7-14)17-11-27-20(23-17)24-8-12-6-13(10-24)18-2-1-3-19(26)25(18)9-12/h1-5,7,11-13H,6,8-10H2/t12-,13-/m1/s1. The van der Waals surface area contributed by atoms with Crippen LogP contribution in [-0.2, 0) is 6.54 Å². The van der Waals surface area contributed by atoms with Gasteiger partial charge in [-0.25, -0.2) is 4.98 Å². The molecule has 3 aromatic rings. The molecule has 0 N–H and O–H groups in total. The van der Waals surface area contributed by atoms with E-state index in [1.807, 2.05) is 28.1 Å². The second-order valence-corrected chi connectivity index (χ2v) is 8.92. The van der Waals surface area contributed by atoms with Gasteiger partial charge in [0.15, 0.2) is 5.13 Å². The maximum atomic E-state index is 12.2. The SMILES string of the molecule is O=c1cccc2n1C[C@@H]1C[C@@H]2CN(c2nc(-c3ccc(Cl)cc3Cl)cs2)C1. The lowest BCUT2D eigenvalue weighted by atomic mass is 9.83. The van der Waals surface area contributed by atoms with Gasteiger partial charge >= 0.3 is 0 Å². The number of aromatic nitrogens is 2. The lowest BCUT2D eigenvalue weighted by Gasteiger charge is -2.42. The molecule has 7 heteroatoms. The van der Waals surface area contributed by atoms with E-state index >= 15 is 0 Å². The largest absolute Gasteiger partial charge is 0.347 e. The number of hydrogen-bond acceptors (Lipinski definition) is 4. The van der Waals surface area contributed by atoms with E-state index in [2.05, 4.69) is 11.0 Å². The van der Waals surface area contributed by atoms with Crippen molar-refractivity contribution in [3.63, 3.8) is 0 Å². The van der Waals surface area contributed by atoms with Crippen LogP contribution in [0.15, 0.2) is 46.6 Å². The summed E-state index contributed by atoms with van der Waals surface area (Å²) in [6.07, 6.45) is 1.14. The molecule has 2 aliphatic rings. The maximum absolute atomic E-state index is 12.2. The number of fused-ring (bicyclic) bond motifs is 4. The summed E-state index contributed by atoms with van der Waals surface area (Å²) >= 11 is 14.0. The number of nitrogens with zero attached hydrogens (tertiary/aromatic N) is 3. The topological polar surface area (TPSA) is 38.1 Å². The number of rotatable bonds is 2. The zero-order valence-corrected chi connectivity index (χ0v) is 16.8. The van der Waals surface area contributed by atoms with Crippen molar-refractivity contribution in [2.75, 3.05) is 18.0 Å². The summed E-state index contributed by atoms with van der Waals surface area (Å²) in [5.41, 5.74) is 3.05. The highest BCUT2D eigenvalue weighted by atomic mass is 35.5. The van der Waals surface area contributed by atoms with Crippen LogP contribution in [0.1, 0.15) is 18.0 Å². The number of piperidine rings is 1. The molecule has 2 aliphatic heterocycles. The highest BCUT2D eigenvalue weighted by Gasteiger charge is 2.35. The molecule has 1 fully saturated rings. The highest BCUT2D eigenvalue weighted by molar-refractivity contribution is 7.14. The summed E-state index contributed by atoms with van der Waals surface area (Å²) in [4.78, 5) is 19.4. The van der Waals surface area contributed by atoms with Gasteiger partial charge < -0.3 is 9.47 Å².